The Hall–Kier alpha value is -0.710. The van der Waals surface area contributed by atoms with Crippen molar-refractivity contribution in [2.75, 3.05) is 12.3 Å². The van der Waals surface area contributed by atoms with E-state index < -0.39 is 11.2 Å². The van der Waals surface area contributed by atoms with E-state index in [1.807, 2.05) is 0 Å². The quantitative estimate of drug-likeness (QED) is 0.850. The summed E-state index contributed by atoms with van der Waals surface area (Å²) in [7, 11) is 0. The standard InChI is InChI=1S/C14H18ClNO2S/c15-12-6-3-7-13(8-12)19(18)10-14(17)16-9-11-4-1-2-5-11/h3,6-8,11H,1-2,4-5,9-10H2,(H,16,17). The van der Waals surface area contributed by atoms with Crippen LogP contribution in [-0.2, 0) is 16.0 Å². The fourth-order valence-electron chi connectivity index (χ4n) is 2.33. The molecule has 1 unspecified atom stereocenters. The third kappa shape index (κ3) is 4.71. The number of benzene rings is 1. The van der Waals surface area contributed by atoms with Gasteiger partial charge in [0.15, 0.2) is 10.6 Å². The Kier molecular flexibility index (Phi) is 5.55. The summed E-state index contributed by atoms with van der Waals surface area (Å²) in [5.74, 6) is 0.460. The van der Waals surface area contributed by atoms with E-state index in [0.717, 1.165) is 0 Å². The number of nitrogens with one attached hydrogen (secondary N) is 1. The van der Waals surface area contributed by atoms with Crippen LogP contribution < -0.4 is 5.32 Å². The molecule has 104 valence electrons. The zero-order valence-electron chi connectivity index (χ0n) is 10.7. The Morgan fingerprint density at radius 1 is 1.42 bits per heavy atom. The Morgan fingerprint density at radius 3 is 2.84 bits per heavy atom. The molecule has 0 heterocycles. The van der Waals surface area contributed by atoms with Gasteiger partial charge in [-0.3, -0.25) is 4.79 Å². The summed E-state index contributed by atoms with van der Waals surface area (Å²) in [6.45, 7) is 0.714. The van der Waals surface area contributed by atoms with Gasteiger partial charge in [0.2, 0.25) is 0 Å². The van der Waals surface area contributed by atoms with Crippen molar-refractivity contribution in [2.24, 2.45) is 5.92 Å². The second-order valence-corrected chi connectivity index (χ2v) is 6.79. The lowest BCUT2D eigenvalue weighted by molar-refractivity contribution is -0.118. The van der Waals surface area contributed by atoms with Crippen LogP contribution in [0.4, 0.5) is 0 Å². The molecule has 2 rings (SSSR count). The van der Waals surface area contributed by atoms with Crippen molar-refractivity contribution in [3.63, 3.8) is 0 Å². The van der Waals surface area contributed by atoms with Gasteiger partial charge >= 0.3 is 0 Å². The van der Waals surface area contributed by atoms with Crippen LogP contribution in [0.1, 0.15) is 25.7 Å². The highest BCUT2D eigenvalue weighted by Gasteiger charge is 2.19. The van der Waals surface area contributed by atoms with Crippen LogP contribution in [0, 0.1) is 5.92 Å². The van der Waals surface area contributed by atoms with E-state index in [9.17, 15) is 9.35 Å². The molecule has 1 amide bonds. The average Bonchev–Trinajstić information content (AvgIpc) is 2.89. The molecule has 0 saturated heterocycles. The van der Waals surface area contributed by atoms with Crippen molar-refractivity contribution in [1.29, 1.82) is 0 Å². The molecule has 1 aliphatic rings. The van der Waals surface area contributed by atoms with Crippen LogP contribution >= 0.6 is 11.6 Å². The van der Waals surface area contributed by atoms with Crippen LogP contribution in [0.3, 0.4) is 0 Å². The van der Waals surface area contributed by atoms with Gasteiger partial charge in [-0.15, -0.1) is 0 Å². The van der Waals surface area contributed by atoms with Crippen LogP contribution in [0.15, 0.2) is 29.2 Å². The predicted octanol–water partition coefficient (Wildman–Crippen LogP) is 2.75. The average molecular weight is 300 g/mol. The van der Waals surface area contributed by atoms with Crippen molar-refractivity contribution >= 4 is 28.7 Å². The van der Waals surface area contributed by atoms with Crippen LogP contribution in [0.2, 0.25) is 5.02 Å². The molecule has 1 saturated carbocycles. The maximum atomic E-state index is 12.0. The molecule has 3 nitrogen and oxygen atoms in total. The smallest absolute Gasteiger partial charge is 0.270 e. The van der Waals surface area contributed by atoms with Crippen LogP contribution in [-0.4, -0.2) is 22.8 Å². The summed E-state index contributed by atoms with van der Waals surface area (Å²) < 4.78 is 12.0. The van der Waals surface area contributed by atoms with Crippen molar-refractivity contribution in [3.05, 3.63) is 29.3 Å². The molecule has 0 bridgehead atoms. The molecule has 0 aliphatic heterocycles. The number of carbonyl (C=O) groups excluding carboxylic acids is 1. The van der Waals surface area contributed by atoms with Gasteiger partial charge in [-0.05, 0) is 42.1 Å². The largest absolute Gasteiger partial charge is 0.611 e. The highest BCUT2D eigenvalue weighted by Crippen LogP contribution is 2.23. The summed E-state index contributed by atoms with van der Waals surface area (Å²) in [5.41, 5.74) is 0. The fourth-order valence-corrected chi connectivity index (χ4v) is 3.59. The Morgan fingerprint density at radius 2 is 2.16 bits per heavy atom. The molecule has 1 aromatic carbocycles. The fraction of sp³-hybridized carbons (Fsp3) is 0.500. The number of halogens is 1. The normalized spacial score (nSPS) is 17.4. The molecule has 0 aromatic heterocycles. The Labute approximate surface area is 121 Å². The molecule has 1 atom stereocenters. The van der Waals surface area contributed by atoms with Crippen molar-refractivity contribution in [1.82, 2.24) is 5.32 Å². The van der Waals surface area contributed by atoms with E-state index in [2.05, 4.69) is 5.32 Å². The molecule has 1 fully saturated rings. The zero-order chi connectivity index (χ0) is 13.7. The number of hydrogen-bond donors (Lipinski definition) is 1. The van der Waals surface area contributed by atoms with Crippen LogP contribution in [0.25, 0.3) is 0 Å². The minimum atomic E-state index is -1.32. The predicted molar refractivity (Wildman–Crippen MR) is 77.7 cm³/mol. The van der Waals surface area contributed by atoms with Crippen LogP contribution in [0.5, 0.6) is 0 Å². The lowest BCUT2D eigenvalue weighted by Crippen LogP contribution is -2.33. The Bertz CT molecular complexity index is 435. The molecule has 0 spiro atoms. The van der Waals surface area contributed by atoms with Gasteiger partial charge in [0.05, 0.1) is 0 Å². The molecule has 19 heavy (non-hydrogen) atoms. The first-order valence-corrected chi connectivity index (χ1v) is 8.25. The first-order valence-electron chi connectivity index (χ1n) is 6.56. The summed E-state index contributed by atoms with van der Waals surface area (Å²) in [4.78, 5) is 12.3. The van der Waals surface area contributed by atoms with E-state index in [1.54, 1.807) is 24.3 Å². The van der Waals surface area contributed by atoms with Gasteiger partial charge in [-0.1, -0.05) is 30.5 Å². The summed E-state index contributed by atoms with van der Waals surface area (Å²) >= 11 is 4.51. The number of amides is 1. The van der Waals surface area contributed by atoms with Gasteiger partial charge in [-0.25, -0.2) is 0 Å². The van der Waals surface area contributed by atoms with Gasteiger partial charge in [0.1, 0.15) is 0 Å². The molecular weight excluding hydrogens is 282 g/mol. The first kappa shape index (κ1) is 14.7. The molecule has 0 radical (unpaired) electrons. The highest BCUT2D eigenvalue weighted by atomic mass is 35.5. The topological polar surface area (TPSA) is 52.2 Å². The number of rotatable bonds is 5. The van der Waals surface area contributed by atoms with E-state index in [1.165, 1.54) is 25.7 Å². The van der Waals surface area contributed by atoms with Crippen molar-refractivity contribution in [3.8, 4) is 0 Å². The molecule has 1 N–H and O–H groups in total. The van der Waals surface area contributed by atoms with Crippen molar-refractivity contribution in [2.45, 2.75) is 30.6 Å². The van der Waals surface area contributed by atoms with E-state index in [-0.39, 0.29) is 11.7 Å². The third-order valence-electron chi connectivity index (χ3n) is 3.38. The minimum absolute atomic E-state index is 0.00701. The summed E-state index contributed by atoms with van der Waals surface area (Å²) in [6, 6.07) is 6.84. The minimum Gasteiger partial charge on any atom is -0.611 e. The van der Waals surface area contributed by atoms with Crippen molar-refractivity contribution < 1.29 is 9.35 Å². The van der Waals surface area contributed by atoms with Gasteiger partial charge in [0, 0.05) is 17.6 Å². The van der Waals surface area contributed by atoms with Gasteiger partial charge < -0.3 is 9.87 Å². The lowest BCUT2D eigenvalue weighted by atomic mass is 10.1. The second-order valence-electron chi connectivity index (χ2n) is 4.90. The summed E-state index contributed by atoms with van der Waals surface area (Å²) in [5, 5.41) is 3.41. The Balaban J connectivity index is 1.77. The SMILES string of the molecule is O=C(C[S+]([O-])c1cccc(Cl)c1)NCC1CCCC1. The lowest BCUT2D eigenvalue weighted by Gasteiger charge is -2.13. The van der Waals surface area contributed by atoms with Gasteiger partial charge in [-0.2, -0.15) is 0 Å². The van der Waals surface area contributed by atoms with E-state index in [4.69, 9.17) is 11.6 Å². The number of hydrogen-bond acceptors (Lipinski definition) is 2. The van der Waals surface area contributed by atoms with Gasteiger partial charge in [0.25, 0.3) is 5.91 Å². The molecule has 1 aliphatic carbocycles. The number of carbonyl (C=O) groups is 1. The highest BCUT2D eigenvalue weighted by molar-refractivity contribution is 7.92. The molecular formula is C14H18ClNO2S. The molecule has 1 aromatic rings. The molecule has 5 heteroatoms. The third-order valence-corrected chi connectivity index (χ3v) is 4.92. The summed E-state index contributed by atoms with van der Waals surface area (Å²) in [6.07, 6.45) is 4.90. The van der Waals surface area contributed by atoms with E-state index >= 15 is 0 Å². The van der Waals surface area contributed by atoms with E-state index in [0.29, 0.717) is 22.4 Å². The maximum absolute atomic E-state index is 12.0. The zero-order valence-corrected chi connectivity index (χ0v) is 12.3. The maximum Gasteiger partial charge on any atom is 0.270 e. The monoisotopic (exact) mass is 299 g/mol. The first-order chi connectivity index (χ1) is 9.15. The second kappa shape index (κ2) is 7.17.